The Bertz CT molecular complexity index is 1130. The number of anilines is 1. The molecule has 0 aliphatic carbocycles. The van der Waals surface area contributed by atoms with Crippen LogP contribution >= 0.6 is 0 Å². The molecular weight excluding hydrogens is 371 g/mol. The van der Waals surface area contributed by atoms with E-state index in [1.165, 1.54) is 12.1 Å². The Morgan fingerprint density at radius 2 is 1.86 bits per heavy atom. The Morgan fingerprint density at radius 1 is 1.07 bits per heavy atom. The van der Waals surface area contributed by atoms with Crippen molar-refractivity contribution in [1.29, 1.82) is 0 Å². The number of aliphatic hydroxyl groups excluding tert-OH is 2. The van der Waals surface area contributed by atoms with E-state index in [0.29, 0.717) is 28.3 Å². The van der Waals surface area contributed by atoms with E-state index in [0.717, 1.165) is 5.69 Å². The molecule has 0 aliphatic heterocycles. The highest BCUT2D eigenvalue weighted by atomic mass is 19.1. The van der Waals surface area contributed by atoms with Gasteiger partial charge in [0.1, 0.15) is 17.7 Å². The SMILES string of the molecule is Cc1cc(NC(CO)C(O)c2ccccc2)n2nc(-c3cccc(F)c3)cc2n1. The molecule has 2 unspecified atom stereocenters. The van der Waals surface area contributed by atoms with Crippen molar-refractivity contribution in [2.45, 2.75) is 19.1 Å². The van der Waals surface area contributed by atoms with Crippen LogP contribution in [0, 0.1) is 12.7 Å². The summed E-state index contributed by atoms with van der Waals surface area (Å²) in [7, 11) is 0. The minimum absolute atomic E-state index is 0.281. The van der Waals surface area contributed by atoms with E-state index in [2.05, 4.69) is 15.4 Å². The lowest BCUT2D eigenvalue weighted by atomic mass is 10.0. The molecule has 0 saturated heterocycles. The first-order valence-corrected chi connectivity index (χ1v) is 9.29. The number of nitrogens with one attached hydrogen (secondary N) is 1. The third kappa shape index (κ3) is 3.96. The van der Waals surface area contributed by atoms with Crippen LogP contribution in [0.1, 0.15) is 17.4 Å². The van der Waals surface area contributed by atoms with Crippen LogP contribution in [0.5, 0.6) is 0 Å². The van der Waals surface area contributed by atoms with Gasteiger partial charge in [0.2, 0.25) is 0 Å². The quantitative estimate of drug-likeness (QED) is 0.469. The lowest BCUT2D eigenvalue weighted by Gasteiger charge is -2.24. The number of rotatable bonds is 6. The second-order valence-electron chi connectivity index (χ2n) is 6.88. The molecule has 0 saturated carbocycles. The number of fused-ring (bicyclic) bond motifs is 1. The molecule has 0 fully saturated rings. The molecule has 3 N–H and O–H groups in total. The van der Waals surface area contributed by atoms with Gasteiger partial charge in [-0.2, -0.15) is 9.61 Å². The summed E-state index contributed by atoms with van der Waals surface area (Å²) in [5.74, 6) is 0.234. The molecule has 0 spiro atoms. The number of aliphatic hydroxyl groups is 2. The number of aryl methyl sites for hydroxylation is 1. The van der Waals surface area contributed by atoms with Gasteiger partial charge >= 0.3 is 0 Å². The molecule has 4 aromatic rings. The first-order valence-electron chi connectivity index (χ1n) is 9.29. The first-order chi connectivity index (χ1) is 14.0. The number of aromatic nitrogens is 3. The van der Waals surface area contributed by atoms with Crippen molar-refractivity contribution >= 4 is 11.5 Å². The molecule has 148 valence electrons. The van der Waals surface area contributed by atoms with E-state index < -0.39 is 12.1 Å². The molecule has 2 aromatic carbocycles. The maximum Gasteiger partial charge on any atom is 0.158 e. The molecule has 0 aliphatic rings. The first kappa shape index (κ1) is 19.0. The molecule has 0 bridgehead atoms. The van der Waals surface area contributed by atoms with Gasteiger partial charge in [-0.3, -0.25) is 0 Å². The Morgan fingerprint density at radius 3 is 2.59 bits per heavy atom. The molecule has 2 aromatic heterocycles. The predicted octanol–water partition coefficient (Wildman–Crippen LogP) is 3.35. The Labute approximate surface area is 167 Å². The molecule has 4 rings (SSSR count). The second kappa shape index (κ2) is 7.98. The van der Waals surface area contributed by atoms with Crippen LogP contribution < -0.4 is 5.32 Å². The smallest absolute Gasteiger partial charge is 0.158 e. The molecular formula is C22H21FN4O2. The lowest BCUT2D eigenvalue weighted by Crippen LogP contribution is -2.32. The molecule has 0 radical (unpaired) electrons. The number of hydrogen-bond acceptors (Lipinski definition) is 5. The normalized spacial score (nSPS) is 13.4. The summed E-state index contributed by atoms with van der Waals surface area (Å²) < 4.78 is 15.2. The van der Waals surface area contributed by atoms with Crippen molar-refractivity contribution in [3.05, 3.63) is 83.8 Å². The number of halogens is 1. The summed E-state index contributed by atoms with van der Waals surface area (Å²) in [5, 5.41) is 28.3. The molecule has 2 heterocycles. The summed E-state index contributed by atoms with van der Waals surface area (Å²) in [6, 6.07) is 18.3. The van der Waals surface area contributed by atoms with Crippen molar-refractivity contribution < 1.29 is 14.6 Å². The fourth-order valence-corrected chi connectivity index (χ4v) is 3.29. The summed E-state index contributed by atoms with van der Waals surface area (Å²) in [6.45, 7) is 1.57. The molecule has 7 heteroatoms. The molecule has 6 nitrogen and oxygen atoms in total. The van der Waals surface area contributed by atoms with Gasteiger partial charge in [-0.05, 0) is 24.6 Å². The van der Waals surface area contributed by atoms with Crippen molar-refractivity contribution in [3.8, 4) is 11.3 Å². The number of nitrogens with zero attached hydrogens (tertiary/aromatic N) is 3. The van der Waals surface area contributed by atoms with E-state index >= 15 is 0 Å². The Kier molecular flexibility index (Phi) is 5.24. The maximum atomic E-state index is 13.6. The van der Waals surface area contributed by atoms with E-state index in [4.69, 9.17) is 0 Å². The van der Waals surface area contributed by atoms with Gasteiger partial charge in [-0.15, -0.1) is 0 Å². The standard InChI is InChI=1S/C22H21FN4O2/c1-14-10-20(25-19(13-28)22(29)15-6-3-2-4-7-15)27-21(24-14)12-18(26-27)16-8-5-9-17(23)11-16/h2-12,19,22,25,28-29H,13H2,1H3. The summed E-state index contributed by atoms with van der Waals surface area (Å²) in [6.07, 6.45) is -0.914. The average Bonchev–Trinajstić information content (AvgIpc) is 3.16. The van der Waals surface area contributed by atoms with Crippen molar-refractivity contribution in [2.24, 2.45) is 0 Å². The Hall–Kier alpha value is -3.29. The highest BCUT2D eigenvalue weighted by molar-refractivity contribution is 5.65. The van der Waals surface area contributed by atoms with Gasteiger partial charge in [0.25, 0.3) is 0 Å². The minimum Gasteiger partial charge on any atom is -0.394 e. The van der Waals surface area contributed by atoms with Crippen molar-refractivity contribution in [3.63, 3.8) is 0 Å². The third-order valence-corrected chi connectivity index (χ3v) is 4.73. The fraction of sp³-hybridized carbons (Fsp3) is 0.182. The zero-order valence-electron chi connectivity index (χ0n) is 15.8. The zero-order chi connectivity index (χ0) is 20.4. The van der Waals surface area contributed by atoms with Crippen LogP contribution in [-0.2, 0) is 0 Å². The van der Waals surface area contributed by atoms with Gasteiger partial charge in [0.15, 0.2) is 5.65 Å². The third-order valence-electron chi connectivity index (χ3n) is 4.73. The zero-order valence-corrected chi connectivity index (χ0v) is 15.8. The largest absolute Gasteiger partial charge is 0.394 e. The van der Waals surface area contributed by atoms with Gasteiger partial charge < -0.3 is 15.5 Å². The summed E-state index contributed by atoms with van der Waals surface area (Å²) in [5.41, 5.74) is 3.24. The van der Waals surface area contributed by atoms with Crippen LogP contribution in [0.15, 0.2) is 66.7 Å². The van der Waals surface area contributed by atoms with E-state index in [1.807, 2.05) is 25.1 Å². The number of benzene rings is 2. The van der Waals surface area contributed by atoms with Crippen molar-refractivity contribution in [1.82, 2.24) is 14.6 Å². The molecule has 2 atom stereocenters. The summed E-state index contributed by atoms with van der Waals surface area (Å²) >= 11 is 0. The van der Waals surface area contributed by atoms with Crippen LogP contribution in [0.4, 0.5) is 10.2 Å². The van der Waals surface area contributed by atoms with E-state index in [-0.39, 0.29) is 12.4 Å². The van der Waals surface area contributed by atoms with Crippen LogP contribution in [0.2, 0.25) is 0 Å². The van der Waals surface area contributed by atoms with Crippen LogP contribution in [0.3, 0.4) is 0 Å². The highest BCUT2D eigenvalue weighted by Crippen LogP contribution is 2.25. The van der Waals surface area contributed by atoms with Crippen molar-refractivity contribution in [2.75, 3.05) is 11.9 Å². The van der Waals surface area contributed by atoms with Gasteiger partial charge in [0.05, 0.1) is 18.3 Å². The number of hydrogen-bond donors (Lipinski definition) is 3. The average molecular weight is 392 g/mol. The van der Waals surface area contributed by atoms with Gasteiger partial charge in [-0.1, -0.05) is 42.5 Å². The maximum absolute atomic E-state index is 13.6. The monoisotopic (exact) mass is 392 g/mol. The second-order valence-corrected chi connectivity index (χ2v) is 6.88. The minimum atomic E-state index is -0.914. The van der Waals surface area contributed by atoms with E-state index in [9.17, 15) is 14.6 Å². The molecule has 29 heavy (non-hydrogen) atoms. The van der Waals surface area contributed by atoms with Crippen LogP contribution in [-0.4, -0.2) is 37.5 Å². The predicted molar refractivity (Wildman–Crippen MR) is 109 cm³/mol. The topological polar surface area (TPSA) is 82.7 Å². The lowest BCUT2D eigenvalue weighted by molar-refractivity contribution is 0.118. The molecule has 0 amide bonds. The highest BCUT2D eigenvalue weighted by Gasteiger charge is 2.22. The van der Waals surface area contributed by atoms with Gasteiger partial charge in [0, 0.05) is 23.4 Å². The van der Waals surface area contributed by atoms with E-state index in [1.54, 1.807) is 40.9 Å². The fourth-order valence-electron chi connectivity index (χ4n) is 3.29. The van der Waals surface area contributed by atoms with Gasteiger partial charge in [-0.25, -0.2) is 9.37 Å². The summed E-state index contributed by atoms with van der Waals surface area (Å²) in [4.78, 5) is 4.48. The van der Waals surface area contributed by atoms with Crippen LogP contribution in [0.25, 0.3) is 16.9 Å². The Balaban J connectivity index is 1.71.